The third-order valence-corrected chi connectivity index (χ3v) is 5.70. The summed E-state index contributed by atoms with van der Waals surface area (Å²) in [6.45, 7) is 0. The first-order valence-corrected chi connectivity index (χ1v) is 9.68. The number of hydrogen-bond acceptors (Lipinski definition) is 3. The molecule has 2 aliphatic rings. The predicted octanol–water partition coefficient (Wildman–Crippen LogP) is 6.37. The molecule has 2 heterocycles. The van der Waals surface area contributed by atoms with Gasteiger partial charge in [0.15, 0.2) is 0 Å². The minimum atomic E-state index is -0.604. The highest BCUT2D eigenvalue weighted by Crippen LogP contribution is 2.48. The molecule has 3 nitrogen and oxygen atoms in total. The number of hydrogen-bond donors (Lipinski definition) is 0. The lowest BCUT2D eigenvalue weighted by molar-refractivity contribution is -0.0191. The van der Waals surface area contributed by atoms with Crippen LogP contribution >= 0.6 is 23.2 Å². The van der Waals surface area contributed by atoms with E-state index in [1.54, 1.807) is 6.07 Å². The number of benzene rings is 3. The Hall–Kier alpha value is -2.56. The van der Waals surface area contributed by atoms with Crippen LogP contribution in [0.1, 0.15) is 35.4 Å². The van der Waals surface area contributed by atoms with Crippen molar-refractivity contribution in [2.45, 2.75) is 18.7 Å². The number of hydrazone groups is 1. The molecule has 0 N–H and O–H groups in total. The molecular weight excluding hydrogens is 398 g/mol. The molecule has 3 aromatic rings. The van der Waals surface area contributed by atoms with Gasteiger partial charge in [-0.3, -0.25) is 0 Å². The first-order chi connectivity index (χ1) is 13.6. The van der Waals surface area contributed by atoms with E-state index in [4.69, 9.17) is 33.0 Å². The molecule has 2 atom stereocenters. The molecule has 0 amide bonds. The third-order valence-electron chi connectivity index (χ3n) is 5.10. The molecule has 28 heavy (non-hydrogen) atoms. The van der Waals surface area contributed by atoms with E-state index in [-0.39, 0.29) is 11.9 Å². The summed E-state index contributed by atoms with van der Waals surface area (Å²) in [5.41, 5.74) is 3.54. The molecule has 5 rings (SSSR count). The van der Waals surface area contributed by atoms with Crippen LogP contribution in [-0.2, 0) is 0 Å². The molecule has 0 radical (unpaired) electrons. The van der Waals surface area contributed by atoms with Crippen LogP contribution in [0.5, 0.6) is 5.75 Å². The number of ether oxygens (including phenoxy) is 1. The molecule has 0 bridgehead atoms. The lowest BCUT2D eigenvalue weighted by Crippen LogP contribution is -2.33. The van der Waals surface area contributed by atoms with Crippen molar-refractivity contribution in [2.75, 3.05) is 0 Å². The summed E-state index contributed by atoms with van der Waals surface area (Å²) in [4.78, 5) is 0. The second-order valence-corrected chi connectivity index (χ2v) is 7.67. The second-order valence-electron chi connectivity index (χ2n) is 6.83. The Bertz CT molecular complexity index is 1080. The van der Waals surface area contributed by atoms with Crippen LogP contribution in [0.25, 0.3) is 0 Å². The Morgan fingerprint density at radius 3 is 2.57 bits per heavy atom. The van der Waals surface area contributed by atoms with E-state index in [9.17, 15) is 4.39 Å². The number of fused-ring (bicyclic) bond motifs is 3. The fourth-order valence-electron chi connectivity index (χ4n) is 3.76. The number of nitrogens with zero attached hydrogens (tertiary/aromatic N) is 2. The van der Waals surface area contributed by atoms with Gasteiger partial charge in [0.25, 0.3) is 0 Å². The van der Waals surface area contributed by atoms with Gasteiger partial charge >= 0.3 is 0 Å². The maximum absolute atomic E-state index is 13.9. The zero-order valence-corrected chi connectivity index (χ0v) is 16.2. The van der Waals surface area contributed by atoms with Crippen LogP contribution in [0.4, 0.5) is 4.39 Å². The molecule has 140 valence electrons. The largest absolute Gasteiger partial charge is 0.464 e. The van der Waals surface area contributed by atoms with Crippen LogP contribution in [0, 0.1) is 5.82 Å². The molecule has 6 heteroatoms. The number of rotatable bonds is 2. The molecule has 0 spiro atoms. The van der Waals surface area contributed by atoms with Crippen LogP contribution < -0.4 is 4.74 Å². The lowest BCUT2D eigenvalue weighted by atomic mass is 9.96. The lowest BCUT2D eigenvalue weighted by Gasteiger charge is -2.38. The van der Waals surface area contributed by atoms with Gasteiger partial charge in [0.2, 0.25) is 6.23 Å². The van der Waals surface area contributed by atoms with Crippen LogP contribution in [0.3, 0.4) is 0 Å². The van der Waals surface area contributed by atoms with Gasteiger partial charge in [0.1, 0.15) is 11.6 Å². The van der Waals surface area contributed by atoms with E-state index >= 15 is 0 Å². The van der Waals surface area contributed by atoms with Gasteiger partial charge < -0.3 is 4.74 Å². The molecular formula is C22H15Cl2FN2O. The van der Waals surface area contributed by atoms with Gasteiger partial charge in [-0.15, -0.1) is 0 Å². The van der Waals surface area contributed by atoms with E-state index in [1.165, 1.54) is 12.1 Å². The molecule has 0 aliphatic carbocycles. The highest BCUT2D eigenvalue weighted by atomic mass is 35.5. The topological polar surface area (TPSA) is 24.8 Å². The Labute approximate surface area is 172 Å². The highest BCUT2D eigenvalue weighted by Gasteiger charge is 2.41. The smallest absolute Gasteiger partial charge is 0.215 e. The third kappa shape index (κ3) is 2.93. The van der Waals surface area contributed by atoms with Crippen LogP contribution in [0.2, 0.25) is 10.0 Å². The molecule has 0 aromatic heterocycles. The summed E-state index contributed by atoms with van der Waals surface area (Å²) >= 11 is 12.4. The standard InChI is InChI=1S/C22H15Cl2FN2O/c23-14-7-5-13(6-8-14)19-12-20-16-3-1-2-4-21(16)28-22(27(20)26-19)17-11-15(25)9-10-18(17)24/h1-11,20,22H,12H2/t20-,22-/m0/s1. The monoisotopic (exact) mass is 412 g/mol. The van der Waals surface area contributed by atoms with Gasteiger partial charge in [-0.2, -0.15) is 5.10 Å². The van der Waals surface area contributed by atoms with Crippen LogP contribution in [0.15, 0.2) is 71.8 Å². The molecule has 0 fully saturated rings. The van der Waals surface area contributed by atoms with Crippen molar-refractivity contribution >= 4 is 28.9 Å². The first kappa shape index (κ1) is 17.5. The van der Waals surface area contributed by atoms with Crippen molar-refractivity contribution in [3.05, 3.63) is 99.3 Å². The predicted molar refractivity (Wildman–Crippen MR) is 108 cm³/mol. The normalized spacial score (nSPS) is 20.2. The Balaban J connectivity index is 1.62. The molecule has 2 aliphatic heterocycles. The maximum Gasteiger partial charge on any atom is 0.215 e. The quantitative estimate of drug-likeness (QED) is 0.487. The van der Waals surface area contributed by atoms with Crippen molar-refractivity contribution < 1.29 is 9.13 Å². The average molecular weight is 413 g/mol. The van der Waals surface area contributed by atoms with Crippen LogP contribution in [-0.4, -0.2) is 10.7 Å². The summed E-state index contributed by atoms with van der Waals surface area (Å²) < 4.78 is 20.2. The van der Waals surface area contributed by atoms with Crippen molar-refractivity contribution in [1.29, 1.82) is 0 Å². The Morgan fingerprint density at radius 1 is 0.964 bits per heavy atom. The summed E-state index contributed by atoms with van der Waals surface area (Å²) in [6.07, 6.45) is 0.110. The van der Waals surface area contributed by atoms with Gasteiger partial charge in [-0.1, -0.05) is 53.5 Å². The van der Waals surface area contributed by atoms with Gasteiger partial charge in [-0.05, 0) is 42.0 Å². The van der Waals surface area contributed by atoms with Crippen molar-refractivity contribution in [3.63, 3.8) is 0 Å². The molecule has 3 aromatic carbocycles. The van der Waals surface area contributed by atoms with E-state index in [2.05, 4.69) is 0 Å². The summed E-state index contributed by atoms with van der Waals surface area (Å²) in [7, 11) is 0. The first-order valence-electron chi connectivity index (χ1n) is 8.92. The van der Waals surface area contributed by atoms with E-state index in [0.717, 1.165) is 22.6 Å². The highest BCUT2D eigenvalue weighted by molar-refractivity contribution is 6.31. The fourth-order valence-corrected chi connectivity index (χ4v) is 4.10. The van der Waals surface area contributed by atoms with Gasteiger partial charge in [0.05, 0.1) is 11.8 Å². The molecule has 0 saturated heterocycles. The minimum Gasteiger partial charge on any atom is -0.464 e. The summed E-state index contributed by atoms with van der Waals surface area (Å²) in [6, 6.07) is 19.8. The van der Waals surface area contributed by atoms with Crippen molar-refractivity contribution in [3.8, 4) is 5.75 Å². The minimum absolute atomic E-state index is 0.0139. The number of para-hydroxylation sites is 1. The average Bonchev–Trinajstić information content (AvgIpc) is 3.15. The molecule has 0 saturated carbocycles. The van der Waals surface area contributed by atoms with Crippen molar-refractivity contribution in [1.82, 2.24) is 5.01 Å². The Morgan fingerprint density at radius 2 is 1.75 bits per heavy atom. The zero-order chi connectivity index (χ0) is 19.3. The number of halogens is 3. The Kier molecular flexibility index (Phi) is 4.26. The van der Waals surface area contributed by atoms with E-state index in [1.807, 2.05) is 53.5 Å². The summed E-state index contributed by atoms with van der Waals surface area (Å²) in [5, 5.41) is 7.84. The maximum atomic E-state index is 13.9. The fraction of sp³-hybridized carbons (Fsp3) is 0.136. The van der Waals surface area contributed by atoms with E-state index in [0.29, 0.717) is 22.0 Å². The van der Waals surface area contributed by atoms with Crippen molar-refractivity contribution in [2.24, 2.45) is 5.10 Å². The van der Waals surface area contributed by atoms with Gasteiger partial charge in [0, 0.05) is 27.6 Å². The molecule has 0 unspecified atom stereocenters. The van der Waals surface area contributed by atoms with Gasteiger partial charge in [-0.25, -0.2) is 9.40 Å². The SMILES string of the molecule is Fc1ccc(Cl)c([C@@H]2Oc3ccccc3[C@@H]3CC(c4ccc(Cl)cc4)=NN32)c1. The second kappa shape index (κ2) is 6.80. The zero-order valence-electron chi connectivity index (χ0n) is 14.6. The summed E-state index contributed by atoms with van der Waals surface area (Å²) in [5.74, 6) is 0.404. The van der Waals surface area contributed by atoms with E-state index < -0.39 is 6.23 Å².